The number of nitrogens with one attached hydrogen (secondary N) is 1. The highest BCUT2D eigenvalue weighted by atomic mass is 16.6. The molecule has 0 aromatic carbocycles. The van der Waals surface area contributed by atoms with Crippen molar-refractivity contribution in [2.24, 2.45) is 5.92 Å². The molecule has 0 saturated heterocycles. The van der Waals surface area contributed by atoms with E-state index in [1.54, 1.807) is 12.0 Å². The number of amides is 1. The second-order valence-electron chi connectivity index (χ2n) is 7.23. The van der Waals surface area contributed by atoms with Gasteiger partial charge in [-0.1, -0.05) is 25.5 Å². The minimum absolute atomic E-state index is 0.227. The highest BCUT2D eigenvalue weighted by Crippen LogP contribution is 2.15. The molecule has 1 atom stereocenters. The van der Waals surface area contributed by atoms with Crippen LogP contribution in [0.25, 0.3) is 0 Å². The molecular weight excluding hydrogens is 280 g/mol. The Bertz CT molecular complexity index is 386. The van der Waals surface area contributed by atoms with E-state index in [0.717, 1.165) is 26.1 Å². The van der Waals surface area contributed by atoms with E-state index in [0.29, 0.717) is 18.5 Å². The van der Waals surface area contributed by atoms with Crippen LogP contribution < -0.4 is 5.32 Å². The summed E-state index contributed by atoms with van der Waals surface area (Å²) in [7, 11) is 1.73. The Morgan fingerprint density at radius 2 is 2.09 bits per heavy atom. The Kier molecular flexibility index (Phi) is 7.36. The first kappa shape index (κ1) is 19.0. The lowest BCUT2D eigenvalue weighted by Crippen LogP contribution is -2.42. The average Bonchev–Trinajstić information content (AvgIpc) is 2.41. The van der Waals surface area contributed by atoms with Crippen LogP contribution in [-0.2, 0) is 9.47 Å². The van der Waals surface area contributed by atoms with E-state index in [1.807, 2.05) is 20.8 Å². The van der Waals surface area contributed by atoms with Crippen LogP contribution in [0.4, 0.5) is 4.79 Å². The van der Waals surface area contributed by atoms with Gasteiger partial charge in [-0.25, -0.2) is 4.79 Å². The summed E-state index contributed by atoms with van der Waals surface area (Å²) < 4.78 is 10.6. The third-order valence-electron chi connectivity index (χ3n) is 3.70. The molecule has 128 valence electrons. The van der Waals surface area contributed by atoms with Crippen LogP contribution in [0.3, 0.4) is 0 Å². The second kappa shape index (κ2) is 8.53. The summed E-state index contributed by atoms with van der Waals surface area (Å²) in [6.45, 7) is 13.0. The van der Waals surface area contributed by atoms with Crippen molar-refractivity contribution in [1.29, 1.82) is 0 Å². The van der Waals surface area contributed by atoms with Crippen molar-refractivity contribution in [3.8, 4) is 0 Å². The van der Waals surface area contributed by atoms with Gasteiger partial charge in [0.2, 0.25) is 0 Å². The maximum Gasteiger partial charge on any atom is 0.410 e. The van der Waals surface area contributed by atoms with E-state index in [2.05, 4.69) is 25.2 Å². The number of rotatable bonds is 6. The summed E-state index contributed by atoms with van der Waals surface area (Å²) in [6.07, 6.45) is 2.80. The fraction of sp³-hybridized carbons (Fsp3) is 0.824. The molecule has 0 saturated carbocycles. The number of ether oxygens (including phenoxy) is 2. The lowest BCUT2D eigenvalue weighted by molar-refractivity contribution is 0.0265. The van der Waals surface area contributed by atoms with Crippen LogP contribution >= 0.6 is 0 Å². The number of carbonyl (C=O) groups excluding carboxylic acids is 1. The molecule has 1 amide bonds. The minimum atomic E-state index is -0.437. The number of carbonyl (C=O) groups is 1. The summed E-state index contributed by atoms with van der Waals surface area (Å²) in [4.78, 5) is 13.8. The highest BCUT2D eigenvalue weighted by Gasteiger charge is 2.23. The predicted octanol–water partition coefficient (Wildman–Crippen LogP) is 2.81. The largest absolute Gasteiger partial charge is 0.444 e. The summed E-state index contributed by atoms with van der Waals surface area (Å²) >= 11 is 0. The smallest absolute Gasteiger partial charge is 0.410 e. The Morgan fingerprint density at radius 1 is 1.41 bits per heavy atom. The van der Waals surface area contributed by atoms with E-state index in [1.165, 1.54) is 5.57 Å². The molecule has 0 aromatic rings. The first-order chi connectivity index (χ1) is 10.2. The molecule has 1 aliphatic heterocycles. The van der Waals surface area contributed by atoms with Crippen molar-refractivity contribution in [1.82, 2.24) is 10.2 Å². The zero-order chi connectivity index (χ0) is 16.8. The van der Waals surface area contributed by atoms with Gasteiger partial charge in [0, 0.05) is 32.8 Å². The normalized spacial score (nSPS) is 17.4. The first-order valence-electron chi connectivity index (χ1n) is 8.11. The highest BCUT2D eigenvalue weighted by molar-refractivity contribution is 5.68. The van der Waals surface area contributed by atoms with Crippen molar-refractivity contribution in [2.75, 3.05) is 33.4 Å². The molecule has 1 heterocycles. The number of nitrogens with zero attached hydrogens (tertiary/aromatic N) is 1. The lowest BCUT2D eigenvalue weighted by atomic mass is 10.0. The topological polar surface area (TPSA) is 50.8 Å². The molecule has 1 aliphatic rings. The molecule has 0 aliphatic carbocycles. The van der Waals surface area contributed by atoms with E-state index in [4.69, 9.17) is 9.47 Å². The van der Waals surface area contributed by atoms with Gasteiger partial charge < -0.3 is 19.7 Å². The molecule has 0 radical (unpaired) electrons. The van der Waals surface area contributed by atoms with E-state index in [-0.39, 0.29) is 6.09 Å². The van der Waals surface area contributed by atoms with Crippen LogP contribution in [0.15, 0.2) is 11.6 Å². The van der Waals surface area contributed by atoms with Gasteiger partial charge in [-0.3, -0.25) is 0 Å². The number of hydrogen-bond donors (Lipinski definition) is 1. The number of hydrogen-bond acceptors (Lipinski definition) is 4. The molecular formula is C17H32N2O3. The van der Waals surface area contributed by atoms with Gasteiger partial charge in [-0.05, 0) is 33.1 Å². The predicted molar refractivity (Wildman–Crippen MR) is 89.0 cm³/mol. The van der Waals surface area contributed by atoms with E-state index < -0.39 is 5.60 Å². The van der Waals surface area contributed by atoms with Crippen molar-refractivity contribution >= 4 is 6.09 Å². The summed E-state index contributed by atoms with van der Waals surface area (Å²) in [5.41, 5.74) is 0.911. The molecule has 1 N–H and O–H groups in total. The van der Waals surface area contributed by atoms with Gasteiger partial charge in [-0.2, -0.15) is 0 Å². The Balaban J connectivity index is 2.42. The Hall–Kier alpha value is -1.07. The lowest BCUT2D eigenvalue weighted by Gasteiger charge is -2.30. The summed E-state index contributed by atoms with van der Waals surface area (Å²) in [5.74, 6) is 0.530. The maximum atomic E-state index is 12.0. The van der Waals surface area contributed by atoms with Crippen molar-refractivity contribution in [3.05, 3.63) is 11.6 Å². The van der Waals surface area contributed by atoms with Crippen molar-refractivity contribution < 1.29 is 14.3 Å². The fourth-order valence-corrected chi connectivity index (χ4v) is 2.29. The molecule has 22 heavy (non-hydrogen) atoms. The van der Waals surface area contributed by atoms with Crippen LogP contribution in [0, 0.1) is 5.92 Å². The molecule has 0 fully saturated rings. The SMILES string of the molecule is COCC(NCC1=CCN(C(=O)OC(C)(C)C)CC1)C(C)C. The third kappa shape index (κ3) is 6.79. The van der Waals surface area contributed by atoms with Crippen molar-refractivity contribution in [3.63, 3.8) is 0 Å². The third-order valence-corrected chi connectivity index (χ3v) is 3.70. The van der Waals surface area contributed by atoms with Gasteiger partial charge in [0.15, 0.2) is 0 Å². The fourth-order valence-electron chi connectivity index (χ4n) is 2.29. The van der Waals surface area contributed by atoms with Gasteiger partial charge in [0.25, 0.3) is 0 Å². The van der Waals surface area contributed by atoms with Crippen LogP contribution in [0.1, 0.15) is 41.0 Å². The van der Waals surface area contributed by atoms with Gasteiger partial charge >= 0.3 is 6.09 Å². The van der Waals surface area contributed by atoms with Gasteiger partial charge in [0.1, 0.15) is 5.60 Å². The Labute approximate surface area is 135 Å². The van der Waals surface area contributed by atoms with Gasteiger partial charge in [-0.15, -0.1) is 0 Å². The molecule has 0 bridgehead atoms. The minimum Gasteiger partial charge on any atom is -0.444 e. The average molecular weight is 312 g/mol. The summed E-state index contributed by atoms with van der Waals surface area (Å²) in [5, 5.41) is 3.54. The molecule has 1 rings (SSSR count). The molecule has 5 heteroatoms. The maximum absolute atomic E-state index is 12.0. The van der Waals surface area contributed by atoms with E-state index >= 15 is 0 Å². The first-order valence-corrected chi connectivity index (χ1v) is 8.11. The quantitative estimate of drug-likeness (QED) is 0.766. The number of methoxy groups -OCH3 is 1. The zero-order valence-electron chi connectivity index (χ0n) is 14.9. The molecule has 1 unspecified atom stereocenters. The molecule has 0 aromatic heterocycles. The zero-order valence-corrected chi connectivity index (χ0v) is 14.9. The van der Waals surface area contributed by atoms with Crippen LogP contribution in [0.5, 0.6) is 0 Å². The van der Waals surface area contributed by atoms with E-state index in [9.17, 15) is 4.79 Å². The summed E-state index contributed by atoms with van der Waals surface area (Å²) in [6, 6.07) is 0.356. The van der Waals surface area contributed by atoms with Crippen LogP contribution in [0.2, 0.25) is 0 Å². The molecule has 5 nitrogen and oxygen atoms in total. The standard InChI is InChI=1S/C17H32N2O3/c1-13(2)15(12-21-6)18-11-14-7-9-19(10-8-14)16(20)22-17(3,4)5/h7,13,15,18H,8-12H2,1-6H3. The molecule has 0 spiro atoms. The van der Waals surface area contributed by atoms with Gasteiger partial charge in [0.05, 0.1) is 6.61 Å². The van der Waals surface area contributed by atoms with Crippen molar-refractivity contribution in [2.45, 2.75) is 52.7 Å². The second-order valence-corrected chi connectivity index (χ2v) is 7.23. The monoisotopic (exact) mass is 312 g/mol. The Morgan fingerprint density at radius 3 is 2.55 bits per heavy atom. The van der Waals surface area contributed by atoms with Crippen LogP contribution in [-0.4, -0.2) is 56.0 Å².